The van der Waals surface area contributed by atoms with Gasteiger partial charge >= 0.3 is 5.97 Å². The Hall–Kier alpha value is -1.84. The van der Waals surface area contributed by atoms with E-state index in [0.717, 1.165) is 12.0 Å². The molecule has 1 aromatic rings. The number of carbonyl (C=O) groups is 2. The van der Waals surface area contributed by atoms with Gasteiger partial charge in [-0.25, -0.2) is 0 Å². The minimum absolute atomic E-state index is 0.0898. The number of aryl methyl sites for hydroxylation is 1. The zero-order valence-corrected chi connectivity index (χ0v) is 11.7. The number of benzene rings is 1. The molecule has 104 valence electrons. The molecule has 0 radical (unpaired) electrons. The zero-order valence-electron chi connectivity index (χ0n) is 11.7. The van der Waals surface area contributed by atoms with Crippen LogP contribution in [0.2, 0.25) is 0 Å². The second-order valence-corrected chi connectivity index (χ2v) is 4.81. The van der Waals surface area contributed by atoms with Crippen LogP contribution in [-0.4, -0.2) is 35.0 Å². The van der Waals surface area contributed by atoms with Gasteiger partial charge in [-0.1, -0.05) is 32.0 Å². The summed E-state index contributed by atoms with van der Waals surface area (Å²) in [7, 11) is 0. The molecule has 1 atom stereocenters. The van der Waals surface area contributed by atoms with E-state index >= 15 is 0 Å². The van der Waals surface area contributed by atoms with E-state index in [-0.39, 0.29) is 12.5 Å². The van der Waals surface area contributed by atoms with Crippen LogP contribution in [0.5, 0.6) is 0 Å². The lowest BCUT2D eigenvalue weighted by molar-refractivity contribution is -0.141. The van der Waals surface area contributed by atoms with Crippen LogP contribution in [0, 0.1) is 12.8 Å². The van der Waals surface area contributed by atoms with Crippen LogP contribution < -0.4 is 0 Å². The Kier molecular flexibility index (Phi) is 5.55. The molecule has 0 saturated heterocycles. The number of rotatable bonds is 6. The second-order valence-electron chi connectivity index (χ2n) is 4.81. The van der Waals surface area contributed by atoms with Crippen molar-refractivity contribution in [2.24, 2.45) is 5.92 Å². The van der Waals surface area contributed by atoms with Gasteiger partial charge in [-0.3, -0.25) is 9.59 Å². The maximum atomic E-state index is 12.4. The highest BCUT2D eigenvalue weighted by Gasteiger charge is 2.21. The summed E-state index contributed by atoms with van der Waals surface area (Å²) in [6.07, 6.45) is 0.809. The molecule has 0 aliphatic heterocycles. The first-order chi connectivity index (χ1) is 8.97. The van der Waals surface area contributed by atoms with Gasteiger partial charge in [0, 0.05) is 18.7 Å². The highest BCUT2D eigenvalue weighted by Crippen LogP contribution is 2.12. The van der Waals surface area contributed by atoms with Gasteiger partial charge in [0.1, 0.15) is 0 Å². The summed E-state index contributed by atoms with van der Waals surface area (Å²) in [5, 5.41) is 8.97. The average molecular weight is 263 g/mol. The fraction of sp³-hybridized carbons (Fsp3) is 0.467. The molecule has 1 unspecified atom stereocenters. The molecule has 0 aliphatic rings. The molecule has 0 fully saturated rings. The largest absolute Gasteiger partial charge is 0.481 e. The maximum Gasteiger partial charge on any atom is 0.308 e. The van der Waals surface area contributed by atoms with Crippen molar-refractivity contribution in [3.8, 4) is 0 Å². The van der Waals surface area contributed by atoms with Crippen molar-refractivity contribution in [1.29, 1.82) is 0 Å². The van der Waals surface area contributed by atoms with Gasteiger partial charge in [0.15, 0.2) is 0 Å². The normalized spacial score (nSPS) is 11.9. The Bertz CT molecular complexity index is 456. The summed E-state index contributed by atoms with van der Waals surface area (Å²) >= 11 is 0. The van der Waals surface area contributed by atoms with E-state index in [1.165, 1.54) is 0 Å². The van der Waals surface area contributed by atoms with Crippen LogP contribution in [0.4, 0.5) is 0 Å². The number of amides is 1. The van der Waals surface area contributed by atoms with Crippen LogP contribution in [0.25, 0.3) is 0 Å². The topological polar surface area (TPSA) is 57.6 Å². The van der Waals surface area contributed by atoms with Gasteiger partial charge in [-0.2, -0.15) is 0 Å². The summed E-state index contributed by atoms with van der Waals surface area (Å²) < 4.78 is 0. The SMILES string of the molecule is CCCN(CC(C)C(=O)O)C(=O)c1ccccc1C. The molecular formula is C15H21NO3. The first-order valence-corrected chi connectivity index (χ1v) is 6.55. The molecule has 1 amide bonds. The van der Waals surface area contributed by atoms with Crippen LogP contribution >= 0.6 is 0 Å². The Morgan fingerprint density at radius 2 is 1.95 bits per heavy atom. The van der Waals surface area contributed by atoms with Crippen LogP contribution in [0.15, 0.2) is 24.3 Å². The quantitative estimate of drug-likeness (QED) is 0.858. The Morgan fingerprint density at radius 3 is 2.47 bits per heavy atom. The number of carbonyl (C=O) groups excluding carboxylic acids is 1. The van der Waals surface area contributed by atoms with Crippen molar-refractivity contribution in [3.05, 3.63) is 35.4 Å². The van der Waals surface area contributed by atoms with Crippen molar-refractivity contribution < 1.29 is 14.7 Å². The van der Waals surface area contributed by atoms with Crippen molar-refractivity contribution in [3.63, 3.8) is 0 Å². The summed E-state index contributed by atoms with van der Waals surface area (Å²) in [5.74, 6) is -1.52. The molecular weight excluding hydrogens is 242 g/mol. The van der Waals surface area contributed by atoms with Gasteiger partial charge in [0.05, 0.1) is 5.92 Å². The first-order valence-electron chi connectivity index (χ1n) is 6.55. The smallest absolute Gasteiger partial charge is 0.308 e. The van der Waals surface area contributed by atoms with E-state index in [2.05, 4.69) is 0 Å². The third kappa shape index (κ3) is 4.09. The van der Waals surface area contributed by atoms with Crippen molar-refractivity contribution >= 4 is 11.9 Å². The number of nitrogens with zero attached hydrogens (tertiary/aromatic N) is 1. The average Bonchev–Trinajstić information content (AvgIpc) is 2.37. The molecule has 0 aromatic heterocycles. The number of hydrogen-bond donors (Lipinski definition) is 1. The van der Waals surface area contributed by atoms with E-state index in [4.69, 9.17) is 5.11 Å². The predicted molar refractivity (Wildman–Crippen MR) is 74.2 cm³/mol. The van der Waals surface area contributed by atoms with Crippen molar-refractivity contribution in [1.82, 2.24) is 4.90 Å². The third-order valence-corrected chi connectivity index (χ3v) is 3.07. The fourth-order valence-corrected chi connectivity index (χ4v) is 1.94. The van der Waals surface area contributed by atoms with Crippen molar-refractivity contribution in [2.45, 2.75) is 27.2 Å². The Balaban J connectivity index is 2.90. The molecule has 0 saturated carbocycles. The van der Waals surface area contributed by atoms with Gasteiger partial charge in [0.25, 0.3) is 5.91 Å². The van der Waals surface area contributed by atoms with E-state index in [1.54, 1.807) is 17.9 Å². The maximum absolute atomic E-state index is 12.4. The van der Waals surface area contributed by atoms with E-state index < -0.39 is 11.9 Å². The molecule has 0 spiro atoms. The monoisotopic (exact) mass is 263 g/mol. The molecule has 4 nitrogen and oxygen atoms in total. The van der Waals surface area contributed by atoms with Gasteiger partial charge in [-0.05, 0) is 25.0 Å². The van der Waals surface area contributed by atoms with Crippen LogP contribution in [-0.2, 0) is 4.79 Å². The van der Waals surface area contributed by atoms with Gasteiger partial charge in [0.2, 0.25) is 0 Å². The molecule has 1 aromatic carbocycles. The molecule has 4 heteroatoms. The molecule has 19 heavy (non-hydrogen) atoms. The molecule has 0 bridgehead atoms. The number of hydrogen-bond acceptors (Lipinski definition) is 2. The van der Waals surface area contributed by atoms with Gasteiger partial charge < -0.3 is 10.0 Å². The summed E-state index contributed by atoms with van der Waals surface area (Å²) in [4.78, 5) is 25.0. The summed E-state index contributed by atoms with van der Waals surface area (Å²) in [5.41, 5.74) is 1.56. The number of aliphatic carboxylic acids is 1. The molecule has 1 N–H and O–H groups in total. The minimum Gasteiger partial charge on any atom is -0.481 e. The Labute approximate surface area is 114 Å². The molecule has 0 aliphatic carbocycles. The summed E-state index contributed by atoms with van der Waals surface area (Å²) in [6, 6.07) is 7.38. The van der Waals surface area contributed by atoms with E-state index in [9.17, 15) is 9.59 Å². The lowest BCUT2D eigenvalue weighted by Gasteiger charge is -2.24. The van der Waals surface area contributed by atoms with E-state index in [0.29, 0.717) is 12.1 Å². The standard InChI is InChI=1S/C15H21NO3/c1-4-9-16(10-12(3)15(18)19)14(17)13-8-6-5-7-11(13)2/h5-8,12H,4,9-10H2,1-3H3,(H,18,19). The molecule has 1 rings (SSSR count). The first kappa shape index (κ1) is 15.2. The van der Waals surface area contributed by atoms with Crippen molar-refractivity contribution in [2.75, 3.05) is 13.1 Å². The zero-order chi connectivity index (χ0) is 14.4. The van der Waals surface area contributed by atoms with E-state index in [1.807, 2.05) is 32.0 Å². The minimum atomic E-state index is -0.876. The highest BCUT2D eigenvalue weighted by molar-refractivity contribution is 5.95. The van der Waals surface area contributed by atoms with Crippen LogP contribution in [0.3, 0.4) is 0 Å². The fourth-order valence-electron chi connectivity index (χ4n) is 1.94. The number of carboxylic acids is 1. The lowest BCUT2D eigenvalue weighted by atomic mass is 10.1. The number of carboxylic acid groups (broad SMARTS) is 1. The van der Waals surface area contributed by atoms with Crippen LogP contribution in [0.1, 0.15) is 36.2 Å². The second kappa shape index (κ2) is 6.92. The molecule has 0 heterocycles. The lowest BCUT2D eigenvalue weighted by Crippen LogP contribution is -2.37. The summed E-state index contributed by atoms with van der Waals surface area (Å²) in [6.45, 7) is 6.30. The Morgan fingerprint density at radius 1 is 1.32 bits per heavy atom. The highest BCUT2D eigenvalue weighted by atomic mass is 16.4. The predicted octanol–water partition coefficient (Wildman–Crippen LogP) is 2.57. The third-order valence-electron chi connectivity index (χ3n) is 3.07. The van der Waals surface area contributed by atoms with Gasteiger partial charge in [-0.15, -0.1) is 0 Å².